The van der Waals surface area contributed by atoms with Crippen molar-refractivity contribution in [3.8, 4) is 0 Å². The Labute approximate surface area is 175 Å². The van der Waals surface area contributed by atoms with E-state index in [1.165, 1.54) is 11.3 Å². The molecule has 3 atom stereocenters. The van der Waals surface area contributed by atoms with Crippen molar-refractivity contribution >= 4 is 11.6 Å². The molecule has 3 aromatic rings. The van der Waals surface area contributed by atoms with Crippen LogP contribution in [0.3, 0.4) is 0 Å². The fraction of sp³-hybridized carbons (Fsp3) is 0.391. The second-order valence-corrected chi connectivity index (χ2v) is 8.73. The van der Waals surface area contributed by atoms with Crippen molar-refractivity contribution < 1.29 is 0 Å². The molecule has 0 radical (unpaired) electrons. The van der Waals surface area contributed by atoms with Gasteiger partial charge in [0.05, 0.1) is 17.8 Å². The van der Waals surface area contributed by atoms with Crippen LogP contribution in [0, 0.1) is 5.92 Å². The van der Waals surface area contributed by atoms with E-state index in [0.29, 0.717) is 16.9 Å². The Morgan fingerprint density at radius 1 is 1.03 bits per heavy atom. The van der Waals surface area contributed by atoms with Gasteiger partial charge in [-0.1, -0.05) is 48.0 Å². The van der Waals surface area contributed by atoms with E-state index in [1.807, 2.05) is 23.0 Å². The first kappa shape index (κ1) is 18.6. The summed E-state index contributed by atoms with van der Waals surface area (Å²) >= 11 is 6.00. The van der Waals surface area contributed by atoms with Crippen molar-refractivity contribution in [2.75, 3.05) is 19.6 Å². The summed E-state index contributed by atoms with van der Waals surface area (Å²) in [5.41, 5.74) is 2.63. The minimum absolute atomic E-state index is 0.137. The van der Waals surface area contributed by atoms with E-state index < -0.39 is 0 Å². The van der Waals surface area contributed by atoms with Gasteiger partial charge in [0.15, 0.2) is 0 Å². The normalized spacial score (nSPS) is 23.7. The molecule has 6 heteroatoms. The number of pyridine rings is 1. The summed E-state index contributed by atoms with van der Waals surface area (Å²) in [6.45, 7) is 3.79. The van der Waals surface area contributed by atoms with Crippen LogP contribution in [0.15, 0.2) is 65.7 Å². The number of fused-ring (bicyclic) bond motifs is 4. The third kappa shape index (κ3) is 3.77. The highest BCUT2D eigenvalue weighted by molar-refractivity contribution is 6.30. The predicted molar refractivity (Wildman–Crippen MR) is 114 cm³/mol. The minimum Gasteiger partial charge on any atom is -0.309 e. The average Bonchev–Trinajstić information content (AvgIpc) is 3.16. The molecule has 0 spiro atoms. The van der Waals surface area contributed by atoms with Gasteiger partial charge in [-0.15, -0.1) is 0 Å². The van der Waals surface area contributed by atoms with Crippen LogP contribution in [-0.2, 0) is 13.0 Å². The van der Waals surface area contributed by atoms with Gasteiger partial charge in [0.1, 0.15) is 0 Å². The van der Waals surface area contributed by atoms with Gasteiger partial charge in [-0.3, -0.25) is 9.48 Å². The Kier molecular flexibility index (Phi) is 5.02. The van der Waals surface area contributed by atoms with E-state index in [4.69, 9.17) is 11.6 Å². The zero-order valence-electron chi connectivity index (χ0n) is 16.3. The van der Waals surface area contributed by atoms with E-state index >= 15 is 0 Å². The quantitative estimate of drug-likeness (QED) is 0.647. The minimum atomic E-state index is 0.137. The summed E-state index contributed by atoms with van der Waals surface area (Å²) in [5, 5.41) is 4.98. The van der Waals surface area contributed by atoms with E-state index in [0.717, 1.165) is 39.0 Å². The molecule has 5 nitrogen and oxygen atoms in total. The number of halogens is 1. The molecule has 1 aromatic carbocycles. The zero-order valence-corrected chi connectivity index (χ0v) is 17.1. The number of benzene rings is 1. The van der Waals surface area contributed by atoms with E-state index in [-0.39, 0.29) is 11.6 Å². The second kappa shape index (κ2) is 7.81. The van der Waals surface area contributed by atoms with Gasteiger partial charge in [-0.05, 0) is 30.4 Å². The highest BCUT2D eigenvalue weighted by Gasteiger charge is 2.40. The summed E-state index contributed by atoms with van der Waals surface area (Å²) < 4.78 is 4.00. The van der Waals surface area contributed by atoms with E-state index in [2.05, 4.69) is 44.9 Å². The largest absolute Gasteiger partial charge is 0.309 e. The molecule has 2 aliphatic rings. The van der Waals surface area contributed by atoms with Gasteiger partial charge < -0.3 is 9.47 Å². The summed E-state index contributed by atoms with van der Waals surface area (Å²) in [6, 6.07) is 16.5. The van der Waals surface area contributed by atoms with Gasteiger partial charge in [0.25, 0.3) is 5.56 Å². The third-order valence-electron chi connectivity index (χ3n) is 6.41. The zero-order chi connectivity index (χ0) is 19.8. The fourth-order valence-electron chi connectivity index (χ4n) is 5.14. The highest BCUT2D eigenvalue weighted by atomic mass is 35.5. The lowest BCUT2D eigenvalue weighted by Crippen LogP contribution is -2.50. The molecule has 150 valence electrons. The number of nitrogens with zero attached hydrogens (tertiary/aromatic N) is 4. The lowest BCUT2D eigenvalue weighted by Gasteiger charge is -2.47. The first-order valence-electron chi connectivity index (χ1n) is 10.3. The van der Waals surface area contributed by atoms with Crippen molar-refractivity contribution in [3.05, 3.63) is 87.6 Å². The van der Waals surface area contributed by atoms with Crippen LogP contribution in [0.1, 0.15) is 29.6 Å². The highest BCUT2D eigenvalue weighted by Crippen LogP contribution is 2.42. The van der Waals surface area contributed by atoms with Gasteiger partial charge in [0.2, 0.25) is 0 Å². The molecule has 0 amide bonds. The molecular weight excluding hydrogens is 384 g/mol. The van der Waals surface area contributed by atoms with Crippen LogP contribution in [0.25, 0.3) is 0 Å². The number of likely N-dealkylation sites (tertiary alicyclic amines) is 1. The Morgan fingerprint density at radius 2 is 1.90 bits per heavy atom. The SMILES string of the molecule is O=c1cccc2n1[C@@H](Cc1ccccc1)[C@H]1C[C@@H]2CN(CCn2cc(Cl)cn2)C1. The van der Waals surface area contributed by atoms with Crippen LogP contribution >= 0.6 is 11.6 Å². The topological polar surface area (TPSA) is 43.1 Å². The molecule has 2 aromatic heterocycles. The van der Waals surface area contributed by atoms with Crippen molar-refractivity contribution in [1.82, 2.24) is 19.2 Å². The number of hydrogen-bond acceptors (Lipinski definition) is 3. The number of rotatable bonds is 5. The average molecular weight is 409 g/mol. The molecule has 1 saturated heterocycles. The van der Waals surface area contributed by atoms with Gasteiger partial charge in [-0.25, -0.2) is 0 Å². The second-order valence-electron chi connectivity index (χ2n) is 8.29. The van der Waals surface area contributed by atoms with Crippen molar-refractivity contribution in [2.45, 2.75) is 31.3 Å². The number of aromatic nitrogens is 3. The summed E-state index contributed by atoms with van der Waals surface area (Å²) in [4.78, 5) is 15.4. The fourth-order valence-corrected chi connectivity index (χ4v) is 5.30. The van der Waals surface area contributed by atoms with E-state index in [1.54, 1.807) is 12.3 Å². The molecule has 29 heavy (non-hydrogen) atoms. The van der Waals surface area contributed by atoms with E-state index in [9.17, 15) is 4.79 Å². The maximum atomic E-state index is 12.8. The standard InChI is InChI=1S/C23H25ClN4O/c24-20-13-25-27(16-20)10-9-26-14-18-12-19(15-26)22(11-17-5-2-1-3-6-17)28-21(18)7-4-8-23(28)29/h1-8,13,16,18-19,22H,9-12,14-15H2/t18-,19+,22+/m1/s1. The van der Waals surface area contributed by atoms with Gasteiger partial charge >= 0.3 is 0 Å². The summed E-state index contributed by atoms with van der Waals surface area (Å²) in [6.07, 6.45) is 5.62. The van der Waals surface area contributed by atoms with Crippen molar-refractivity contribution in [2.24, 2.45) is 5.92 Å². The first-order chi connectivity index (χ1) is 14.2. The van der Waals surface area contributed by atoms with Crippen LogP contribution in [0.4, 0.5) is 0 Å². The molecular formula is C23H25ClN4O. The lowest BCUT2D eigenvalue weighted by molar-refractivity contribution is 0.0871. The maximum Gasteiger partial charge on any atom is 0.251 e. The molecule has 0 aliphatic carbocycles. The molecule has 5 rings (SSSR count). The van der Waals surface area contributed by atoms with Crippen LogP contribution < -0.4 is 5.56 Å². The smallest absolute Gasteiger partial charge is 0.251 e. The van der Waals surface area contributed by atoms with Crippen molar-refractivity contribution in [1.29, 1.82) is 0 Å². The van der Waals surface area contributed by atoms with Gasteiger partial charge in [0, 0.05) is 49.6 Å². The Morgan fingerprint density at radius 3 is 2.69 bits per heavy atom. The predicted octanol–water partition coefficient (Wildman–Crippen LogP) is 3.60. The molecule has 0 saturated carbocycles. The number of piperidine rings is 1. The summed E-state index contributed by atoms with van der Waals surface area (Å²) in [5.74, 6) is 0.888. The first-order valence-corrected chi connectivity index (χ1v) is 10.7. The molecule has 2 bridgehead atoms. The van der Waals surface area contributed by atoms with Crippen molar-refractivity contribution in [3.63, 3.8) is 0 Å². The Bertz CT molecular complexity index is 1040. The molecule has 2 aliphatic heterocycles. The molecule has 4 heterocycles. The third-order valence-corrected chi connectivity index (χ3v) is 6.60. The number of hydrogen-bond donors (Lipinski definition) is 0. The van der Waals surface area contributed by atoms with Crippen LogP contribution in [0.2, 0.25) is 5.02 Å². The van der Waals surface area contributed by atoms with Crippen LogP contribution in [0.5, 0.6) is 0 Å². The Hall–Kier alpha value is -2.37. The molecule has 1 fully saturated rings. The Balaban J connectivity index is 1.41. The van der Waals surface area contributed by atoms with Gasteiger partial charge in [-0.2, -0.15) is 5.10 Å². The molecule has 0 N–H and O–H groups in total. The summed E-state index contributed by atoms with van der Waals surface area (Å²) in [7, 11) is 0. The monoisotopic (exact) mass is 408 g/mol. The lowest BCUT2D eigenvalue weighted by atomic mass is 9.76. The maximum absolute atomic E-state index is 12.8. The van der Waals surface area contributed by atoms with Crippen LogP contribution in [-0.4, -0.2) is 38.9 Å². The molecule has 0 unspecified atom stereocenters.